The van der Waals surface area contributed by atoms with Gasteiger partial charge in [-0.1, -0.05) is 17.7 Å². The summed E-state index contributed by atoms with van der Waals surface area (Å²) < 4.78 is 5.89. The van der Waals surface area contributed by atoms with E-state index in [4.69, 9.17) is 4.74 Å². The Kier molecular flexibility index (Phi) is 7.02. The molecule has 1 aromatic carbocycles. The molecule has 172 valence electrons. The fourth-order valence-electron chi connectivity index (χ4n) is 3.86. The second-order valence-electron chi connectivity index (χ2n) is 8.57. The molecule has 0 radical (unpaired) electrons. The summed E-state index contributed by atoms with van der Waals surface area (Å²) in [4.78, 5) is 28.1. The minimum atomic E-state index is -0.163. The first-order valence-corrected chi connectivity index (χ1v) is 11.3. The van der Waals surface area contributed by atoms with E-state index in [0.29, 0.717) is 23.1 Å². The maximum Gasteiger partial charge on any atom is 0.257 e. The number of nitrogens with one attached hydrogen (secondary N) is 2. The predicted octanol–water partition coefficient (Wildman–Crippen LogP) is 4.19. The van der Waals surface area contributed by atoms with Crippen LogP contribution in [0.3, 0.4) is 0 Å². The molecule has 0 spiro atoms. The van der Waals surface area contributed by atoms with Gasteiger partial charge in [0.15, 0.2) is 0 Å². The van der Waals surface area contributed by atoms with Crippen LogP contribution in [0, 0.1) is 6.92 Å². The van der Waals surface area contributed by atoms with Crippen LogP contribution < -0.4 is 20.3 Å². The lowest BCUT2D eigenvalue weighted by molar-refractivity contribution is 0.0923. The quantitative estimate of drug-likeness (QED) is 0.562. The maximum atomic E-state index is 13.0. The molecule has 1 saturated carbocycles. The Morgan fingerprint density at radius 1 is 0.970 bits per heavy atom. The van der Waals surface area contributed by atoms with Gasteiger partial charge >= 0.3 is 0 Å². The Morgan fingerprint density at radius 3 is 2.42 bits per heavy atom. The van der Waals surface area contributed by atoms with Crippen LogP contribution >= 0.6 is 0 Å². The molecule has 8 heteroatoms. The second kappa shape index (κ2) is 10.3. The second-order valence-corrected chi connectivity index (χ2v) is 8.57. The van der Waals surface area contributed by atoms with Crippen molar-refractivity contribution in [2.45, 2.75) is 44.7 Å². The van der Waals surface area contributed by atoms with Gasteiger partial charge in [-0.25, -0.2) is 9.97 Å². The molecular weight excluding hydrogens is 416 g/mol. The number of carbonyl (C=O) groups excluding carboxylic acids is 1. The van der Waals surface area contributed by atoms with Crippen LogP contribution in [0.2, 0.25) is 0 Å². The molecule has 0 unspecified atom stereocenters. The molecule has 0 bridgehead atoms. The van der Waals surface area contributed by atoms with Gasteiger partial charge in [-0.2, -0.15) is 4.98 Å². The standard InChI is InChI=1S/C25H30N6O2/c1-17-6-12-20(13-7-17)33-24-21(5-4-15-26-24)23(32)28-18-8-10-19(11-9-18)29-25-27-16-14-22(30-25)31(2)3/h4-7,12-16,18-19H,8-11H2,1-3H3,(H,28,32)(H,27,29,30)/t18-,19+. The van der Waals surface area contributed by atoms with Gasteiger partial charge in [0.05, 0.1) is 0 Å². The molecule has 4 rings (SSSR count). The van der Waals surface area contributed by atoms with E-state index >= 15 is 0 Å². The number of aromatic nitrogens is 3. The summed E-state index contributed by atoms with van der Waals surface area (Å²) in [7, 11) is 3.92. The highest BCUT2D eigenvalue weighted by Gasteiger charge is 2.24. The van der Waals surface area contributed by atoms with Gasteiger partial charge < -0.3 is 20.3 Å². The van der Waals surface area contributed by atoms with E-state index in [1.54, 1.807) is 24.5 Å². The smallest absolute Gasteiger partial charge is 0.257 e. The van der Waals surface area contributed by atoms with Gasteiger partial charge in [0.25, 0.3) is 5.91 Å². The van der Waals surface area contributed by atoms with Crippen molar-refractivity contribution in [2.24, 2.45) is 0 Å². The first-order valence-electron chi connectivity index (χ1n) is 11.3. The minimum absolute atomic E-state index is 0.108. The number of aryl methyl sites for hydroxylation is 1. The van der Waals surface area contributed by atoms with Crippen LogP contribution in [-0.4, -0.2) is 47.0 Å². The van der Waals surface area contributed by atoms with Crippen molar-refractivity contribution in [3.63, 3.8) is 0 Å². The molecule has 1 aliphatic carbocycles. The van der Waals surface area contributed by atoms with Crippen LogP contribution in [0.4, 0.5) is 11.8 Å². The summed E-state index contributed by atoms with van der Waals surface area (Å²) in [6.45, 7) is 2.02. The molecule has 0 atom stereocenters. The summed E-state index contributed by atoms with van der Waals surface area (Å²) in [5, 5.41) is 6.58. The summed E-state index contributed by atoms with van der Waals surface area (Å²) >= 11 is 0. The zero-order valence-corrected chi connectivity index (χ0v) is 19.3. The van der Waals surface area contributed by atoms with Crippen molar-refractivity contribution in [3.8, 4) is 11.6 Å². The number of rotatable bonds is 7. The average Bonchev–Trinajstić information content (AvgIpc) is 2.82. The monoisotopic (exact) mass is 446 g/mol. The highest BCUT2D eigenvalue weighted by atomic mass is 16.5. The lowest BCUT2D eigenvalue weighted by Gasteiger charge is -2.30. The number of hydrogen-bond acceptors (Lipinski definition) is 7. The molecule has 2 aromatic heterocycles. The molecule has 2 heterocycles. The van der Waals surface area contributed by atoms with E-state index in [2.05, 4.69) is 25.6 Å². The average molecular weight is 447 g/mol. The highest BCUT2D eigenvalue weighted by Crippen LogP contribution is 2.25. The lowest BCUT2D eigenvalue weighted by atomic mass is 9.91. The highest BCUT2D eigenvalue weighted by molar-refractivity contribution is 5.96. The zero-order chi connectivity index (χ0) is 23.2. The van der Waals surface area contributed by atoms with E-state index in [0.717, 1.165) is 37.1 Å². The number of carbonyl (C=O) groups is 1. The van der Waals surface area contributed by atoms with Crippen LogP contribution in [0.15, 0.2) is 54.9 Å². The third-order valence-electron chi connectivity index (χ3n) is 5.75. The molecule has 8 nitrogen and oxygen atoms in total. The van der Waals surface area contributed by atoms with E-state index in [1.807, 2.05) is 56.3 Å². The Bertz CT molecular complexity index is 1080. The molecule has 1 aliphatic rings. The van der Waals surface area contributed by atoms with Crippen LogP contribution in [-0.2, 0) is 0 Å². The fourth-order valence-corrected chi connectivity index (χ4v) is 3.86. The van der Waals surface area contributed by atoms with E-state index in [1.165, 1.54) is 0 Å². The molecule has 0 aliphatic heterocycles. The summed E-state index contributed by atoms with van der Waals surface area (Å²) in [5.41, 5.74) is 1.58. The Labute approximate surface area is 194 Å². The molecule has 1 amide bonds. The Hall–Kier alpha value is -3.68. The minimum Gasteiger partial charge on any atom is -0.438 e. The van der Waals surface area contributed by atoms with Crippen molar-refractivity contribution < 1.29 is 9.53 Å². The number of nitrogens with zero attached hydrogens (tertiary/aromatic N) is 4. The maximum absolute atomic E-state index is 13.0. The fraction of sp³-hybridized carbons (Fsp3) is 0.360. The normalized spacial score (nSPS) is 17.8. The van der Waals surface area contributed by atoms with Crippen molar-refractivity contribution >= 4 is 17.7 Å². The van der Waals surface area contributed by atoms with Gasteiger partial charge in [-0.3, -0.25) is 4.79 Å². The van der Waals surface area contributed by atoms with E-state index < -0.39 is 0 Å². The van der Waals surface area contributed by atoms with Gasteiger partial charge in [-0.15, -0.1) is 0 Å². The number of hydrogen-bond donors (Lipinski definition) is 2. The van der Waals surface area contributed by atoms with Crippen LogP contribution in [0.25, 0.3) is 0 Å². The van der Waals surface area contributed by atoms with Crippen molar-refractivity contribution in [1.29, 1.82) is 0 Å². The molecule has 0 saturated heterocycles. The van der Waals surface area contributed by atoms with Crippen molar-refractivity contribution in [1.82, 2.24) is 20.3 Å². The van der Waals surface area contributed by atoms with Gasteiger partial charge in [0.1, 0.15) is 17.1 Å². The Balaban J connectivity index is 1.32. The molecule has 1 fully saturated rings. The summed E-state index contributed by atoms with van der Waals surface area (Å²) in [6, 6.07) is 13.4. The van der Waals surface area contributed by atoms with Gasteiger partial charge in [-0.05, 0) is 62.9 Å². The predicted molar refractivity (Wildman–Crippen MR) is 129 cm³/mol. The SMILES string of the molecule is Cc1ccc(Oc2ncccc2C(=O)N[C@H]2CC[C@@H](Nc3nccc(N(C)C)n3)CC2)cc1. The first-order chi connectivity index (χ1) is 16.0. The Morgan fingerprint density at radius 2 is 1.70 bits per heavy atom. The summed E-state index contributed by atoms with van der Waals surface area (Å²) in [5.74, 6) is 2.31. The number of anilines is 2. The third kappa shape index (κ3) is 5.97. The molecule has 33 heavy (non-hydrogen) atoms. The first kappa shape index (κ1) is 22.5. The number of benzene rings is 1. The van der Waals surface area contributed by atoms with Crippen LogP contribution in [0.1, 0.15) is 41.6 Å². The van der Waals surface area contributed by atoms with Gasteiger partial charge in [0, 0.05) is 38.6 Å². The number of pyridine rings is 1. The van der Waals surface area contributed by atoms with E-state index in [-0.39, 0.29) is 18.0 Å². The van der Waals surface area contributed by atoms with Gasteiger partial charge in [0.2, 0.25) is 11.8 Å². The molecule has 2 N–H and O–H groups in total. The van der Waals surface area contributed by atoms with Crippen molar-refractivity contribution in [2.75, 3.05) is 24.3 Å². The number of amides is 1. The number of ether oxygens (including phenoxy) is 1. The van der Waals surface area contributed by atoms with E-state index in [9.17, 15) is 4.79 Å². The van der Waals surface area contributed by atoms with Crippen molar-refractivity contribution in [3.05, 3.63) is 66.0 Å². The molecule has 3 aromatic rings. The van der Waals surface area contributed by atoms with Crippen LogP contribution in [0.5, 0.6) is 11.6 Å². The molecular formula is C25H30N6O2. The topological polar surface area (TPSA) is 92.3 Å². The summed E-state index contributed by atoms with van der Waals surface area (Å²) in [6.07, 6.45) is 7.02. The lowest BCUT2D eigenvalue weighted by Crippen LogP contribution is -2.40. The largest absolute Gasteiger partial charge is 0.438 e. The third-order valence-corrected chi connectivity index (χ3v) is 5.75. The zero-order valence-electron chi connectivity index (χ0n) is 19.3.